The third-order valence-corrected chi connectivity index (χ3v) is 13.5. The molecule has 1 aliphatic rings. The highest BCUT2D eigenvalue weighted by molar-refractivity contribution is 5.76. The van der Waals surface area contributed by atoms with Crippen molar-refractivity contribution in [1.82, 2.24) is 5.32 Å². The molecule has 0 aromatic carbocycles. The number of aliphatic hydroxyl groups is 5. The lowest BCUT2D eigenvalue weighted by Crippen LogP contribution is -2.60. The fraction of sp³-hybridized carbons (Fsp3) is 0.877. The van der Waals surface area contributed by atoms with Crippen molar-refractivity contribution in [3.05, 3.63) is 36.5 Å². The third kappa shape index (κ3) is 36.4. The van der Waals surface area contributed by atoms with Gasteiger partial charge in [0.25, 0.3) is 0 Å². The van der Waals surface area contributed by atoms with E-state index in [-0.39, 0.29) is 12.5 Å². The number of ether oxygens (including phenoxy) is 2. The first-order valence-electron chi connectivity index (χ1n) is 28.2. The summed E-state index contributed by atoms with van der Waals surface area (Å²) in [4.78, 5) is 13.1. The van der Waals surface area contributed by atoms with Crippen molar-refractivity contribution < 1.29 is 39.8 Å². The van der Waals surface area contributed by atoms with E-state index in [1.807, 2.05) is 0 Å². The van der Waals surface area contributed by atoms with Crippen molar-refractivity contribution in [3.8, 4) is 0 Å². The fourth-order valence-electron chi connectivity index (χ4n) is 8.99. The third-order valence-electron chi connectivity index (χ3n) is 13.5. The van der Waals surface area contributed by atoms with Crippen LogP contribution in [0.5, 0.6) is 0 Å². The molecule has 0 bridgehead atoms. The molecule has 0 aliphatic carbocycles. The van der Waals surface area contributed by atoms with Crippen LogP contribution in [-0.4, -0.2) is 87.5 Å². The monoisotopic (exact) mass is 934 g/mol. The van der Waals surface area contributed by atoms with Crippen LogP contribution in [-0.2, 0) is 14.3 Å². The van der Waals surface area contributed by atoms with Crippen LogP contribution in [0.4, 0.5) is 0 Å². The van der Waals surface area contributed by atoms with Gasteiger partial charge in [-0.2, -0.15) is 0 Å². The topological polar surface area (TPSA) is 149 Å². The molecule has 0 spiro atoms. The van der Waals surface area contributed by atoms with E-state index in [0.717, 1.165) is 51.4 Å². The van der Waals surface area contributed by atoms with E-state index in [9.17, 15) is 30.3 Å². The summed E-state index contributed by atoms with van der Waals surface area (Å²) in [6.45, 7) is 3.84. The number of nitrogens with one attached hydrogen (secondary N) is 1. The van der Waals surface area contributed by atoms with Crippen LogP contribution in [0.1, 0.15) is 264 Å². The Kier molecular flexibility index (Phi) is 44.6. The number of hydrogen-bond donors (Lipinski definition) is 6. The Morgan fingerprint density at radius 3 is 1.32 bits per heavy atom. The van der Waals surface area contributed by atoms with Gasteiger partial charge in [-0.25, -0.2) is 0 Å². The van der Waals surface area contributed by atoms with E-state index in [1.165, 1.54) is 186 Å². The molecule has 7 atom stereocenters. The Morgan fingerprint density at radius 1 is 0.515 bits per heavy atom. The molecule has 388 valence electrons. The van der Waals surface area contributed by atoms with Crippen LogP contribution in [0.15, 0.2) is 36.5 Å². The van der Waals surface area contributed by atoms with Gasteiger partial charge in [0, 0.05) is 6.42 Å². The summed E-state index contributed by atoms with van der Waals surface area (Å²) in [5, 5.41) is 54.6. The average molecular weight is 934 g/mol. The number of amides is 1. The zero-order valence-electron chi connectivity index (χ0n) is 43.0. The zero-order chi connectivity index (χ0) is 48.0. The van der Waals surface area contributed by atoms with Crippen molar-refractivity contribution in [2.75, 3.05) is 13.2 Å². The minimum atomic E-state index is -1.55. The molecule has 0 radical (unpaired) electrons. The molecule has 9 heteroatoms. The summed E-state index contributed by atoms with van der Waals surface area (Å²) < 4.78 is 11.3. The van der Waals surface area contributed by atoms with E-state index in [2.05, 4.69) is 55.6 Å². The Labute approximate surface area is 406 Å². The SMILES string of the molecule is CCCCCCC/C=C\C/C=C\C/C=C\CCCCCCCCCCCCCCC(=O)NC(COC1OC(CO)C(O)C(O)C1O)C(O)CCCCCCCCCCCCCCCCCC. The smallest absolute Gasteiger partial charge is 0.220 e. The molecule has 7 unspecified atom stereocenters. The Morgan fingerprint density at radius 2 is 0.894 bits per heavy atom. The number of rotatable bonds is 48. The molecule has 1 rings (SSSR count). The van der Waals surface area contributed by atoms with Crippen molar-refractivity contribution >= 4 is 5.91 Å². The minimum Gasteiger partial charge on any atom is -0.394 e. The molecule has 1 saturated heterocycles. The van der Waals surface area contributed by atoms with E-state index in [0.29, 0.717) is 12.8 Å². The van der Waals surface area contributed by atoms with Crippen LogP contribution in [0.3, 0.4) is 0 Å². The number of allylic oxidation sites excluding steroid dienone is 6. The number of hydrogen-bond acceptors (Lipinski definition) is 8. The van der Waals surface area contributed by atoms with Crippen molar-refractivity contribution in [2.45, 2.75) is 307 Å². The molecule has 1 fully saturated rings. The van der Waals surface area contributed by atoms with E-state index in [4.69, 9.17) is 9.47 Å². The van der Waals surface area contributed by atoms with Gasteiger partial charge in [-0.3, -0.25) is 4.79 Å². The quantitative estimate of drug-likeness (QED) is 0.0261. The van der Waals surface area contributed by atoms with Crippen molar-refractivity contribution in [2.24, 2.45) is 0 Å². The molecule has 1 heterocycles. The first kappa shape index (κ1) is 62.4. The Balaban J connectivity index is 2.20. The van der Waals surface area contributed by atoms with Crippen LogP contribution in [0.2, 0.25) is 0 Å². The van der Waals surface area contributed by atoms with Gasteiger partial charge in [0.1, 0.15) is 24.4 Å². The number of aliphatic hydroxyl groups excluding tert-OH is 5. The van der Waals surface area contributed by atoms with Gasteiger partial charge in [0.05, 0.1) is 25.4 Å². The molecule has 1 aliphatic heterocycles. The van der Waals surface area contributed by atoms with Gasteiger partial charge in [-0.05, 0) is 51.4 Å². The lowest BCUT2D eigenvalue weighted by Gasteiger charge is -2.40. The standard InChI is InChI=1S/C57H107NO8/c1-3-5-7-9-11-13-15-17-19-21-22-23-24-25-26-27-28-29-30-31-33-35-37-39-41-43-45-47-53(61)58-50(49-65-57-56(64)55(63)54(62)52(48-59)66-57)51(60)46-44-42-40-38-36-34-32-20-18-16-14-12-10-8-6-4-2/h15,17,21-22,24-25,50-52,54-57,59-60,62-64H,3-14,16,18-20,23,26-49H2,1-2H3,(H,58,61)/b17-15-,22-21-,25-24-. The molecule has 66 heavy (non-hydrogen) atoms. The summed E-state index contributed by atoms with van der Waals surface area (Å²) in [7, 11) is 0. The molecule has 9 nitrogen and oxygen atoms in total. The molecule has 0 aromatic heterocycles. The van der Waals surface area contributed by atoms with Crippen LogP contribution >= 0.6 is 0 Å². The van der Waals surface area contributed by atoms with Gasteiger partial charge in [0.15, 0.2) is 6.29 Å². The van der Waals surface area contributed by atoms with Crippen LogP contribution in [0, 0.1) is 0 Å². The second kappa shape index (κ2) is 47.1. The normalized spacial score (nSPS) is 20.0. The average Bonchev–Trinajstić information content (AvgIpc) is 3.32. The predicted molar refractivity (Wildman–Crippen MR) is 276 cm³/mol. The van der Waals surface area contributed by atoms with E-state index in [1.54, 1.807) is 0 Å². The van der Waals surface area contributed by atoms with E-state index < -0.39 is 49.5 Å². The molecule has 0 aromatic rings. The number of carbonyl (C=O) groups excluding carboxylic acids is 1. The highest BCUT2D eigenvalue weighted by Crippen LogP contribution is 2.23. The lowest BCUT2D eigenvalue weighted by molar-refractivity contribution is -0.302. The largest absolute Gasteiger partial charge is 0.394 e. The maximum absolute atomic E-state index is 13.1. The molecular weight excluding hydrogens is 827 g/mol. The van der Waals surface area contributed by atoms with Gasteiger partial charge in [0.2, 0.25) is 5.91 Å². The maximum atomic E-state index is 13.1. The lowest BCUT2D eigenvalue weighted by atomic mass is 9.99. The molecule has 1 amide bonds. The number of carbonyl (C=O) groups is 1. The van der Waals surface area contributed by atoms with Gasteiger partial charge in [-0.15, -0.1) is 0 Å². The molecule has 6 N–H and O–H groups in total. The zero-order valence-corrected chi connectivity index (χ0v) is 43.0. The first-order chi connectivity index (χ1) is 32.3. The van der Waals surface area contributed by atoms with Gasteiger partial charge in [-0.1, -0.05) is 243 Å². The van der Waals surface area contributed by atoms with Crippen molar-refractivity contribution in [1.29, 1.82) is 0 Å². The highest BCUT2D eigenvalue weighted by atomic mass is 16.7. The Bertz CT molecular complexity index is 1130. The highest BCUT2D eigenvalue weighted by Gasteiger charge is 2.44. The summed E-state index contributed by atoms with van der Waals surface area (Å²) in [6, 6.07) is -0.720. The minimum absolute atomic E-state index is 0.137. The maximum Gasteiger partial charge on any atom is 0.220 e. The summed E-state index contributed by atoms with van der Waals surface area (Å²) in [5.74, 6) is -0.144. The summed E-state index contributed by atoms with van der Waals surface area (Å²) >= 11 is 0. The second-order valence-electron chi connectivity index (χ2n) is 19.7. The second-order valence-corrected chi connectivity index (χ2v) is 19.7. The van der Waals surface area contributed by atoms with Crippen molar-refractivity contribution in [3.63, 3.8) is 0 Å². The van der Waals surface area contributed by atoms with E-state index >= 15 is 0 Å². The number of unbranched alkanes of at least 4 members (excludes halogenated alkanes) is 32. The summed E-state index contributed by atoms with van der Waals surface area (Å²) in [5.41, 5.74) is 0. The van der Waals surface area contributed by atoms with Gasteiger partial charge >= 0.3 is 0 Å². The molecular formula is C57H107NO8. The predicted octanol–water partition coefficient (Wildman–Crippen LogP) is 13.6. The van der Waals surface area contributed by atoms with Crippen LogP contribution in [0.25, 0.3) is 0 Å². The first-order valence-corrected chi connectivity index (χ1v) is 28.2. The Hall–Kier alpha value is -1.59. The molecule has 0 saturated carbocycles. The summed E-state index contributed by atoms with van der Waals surface area (Å²) in [6.07, 6.45) is 53.0. The van der Waals surface area contributed by atoms with Gasteiger partial charge < -0.3 is 40.3 Å². The van der Waals surface area contributed by atoms with Crippen LogP contribution < -0.4 is 5.32 Å². The fourth-order valence-corrected chi connectivity index (χ4v) is 8.99.